The van der Waals surface area contributed by atoms with E-state index in [2.05, 4.69) is 19.1 Å². The molecule has 0 radical (unpaired) electrons. The Hall–Kier alpha value is -1.51. The van der Waals surface area contributed by atoms with Crippen LogP contribution in [0.5, 0.6) is 11.5 Å². The Kier molecular flexibility index (Phi) is 2.77. The highest BCUT2D eigenvalue weighted by molar-refractivity contribution is 5.82. The van der Waals surface area contributed by atoms with Gasteiger partial charge in [0.15, 0.2) is 11.5 Å². The Morgan fingerprint density at radius 2 is 1.94 bits per heavy atom. The Bertz CT molecular complexity index is 481. The van der Waals surface area contributed by atoms with Gasteiger partial charge in [-0.25, -0.2) is 0 Å². The van der Waals surface area contributed by atoms with E-state index in [0.717, 1.165) is 24.3 Å². The molecule has 1 aliphatic heterocycles. The number of ether oxygens (including phenoxy) is 2. The summed E-state index contributed by atoms with van der Waals surface area (Å²) >= 11 is 0. The first kappa shape index (κ1) is 11.6. The van der Waals surface area contributed by atoms with Crippen molar-refractivity contribution in [1.29, 1.82) is 0 Å². The number of benzene rings is 1. The van der Waals surface area contributed by atoms with E-state index < -0.39 is 0 Å². The number of ketones is 1. The molecule has 3 heteroatoms. The van der Waals surface area contributed by atoms with Crippen molar-refractivity contribution in [1.82, 2.24) is 0 Å². The fourth-order valence-electron chi connectivity index (χ4n) is 2.81. The van der Waals surface area contributed by atoms with Crippen molar-refractivity contribution in [2.45, 2.75) is 38.0 Å². The molecule has 1 aliphatic carbocycles. The molecular formula is C15H18O3. The lowest BCUT2D eigenvalue weighted by Gasteiger charge is -2.24. The summed E-state index contributed by atoms with van der Waals surface area (Å²) < 4.78 is 11.3. The summed E-state index contributed by atoms with van der Waals surface area (Å²) in [6.45, 7) is 3.57. The third kappa shape index (κ3) is 1.98. The van der Waals surface area contributed by atoms with E-state index >= 15 is 0 Å². The summed E-state index contributed by atoms with van der Waals surface area (Å²) in [4.78, 5) is 11.5. The van der Waals surface area contributed by atoms with Crippen molar-refractivity contribution in [3.63, 3.8) is 0 Å². The average molecular weight is 246 g/mol. The first-order chi connectivity index (χ1) is 8.67. The highest BCUT2D eigenvalue weighted by Gasteiger charge is 2.36. The molecule has 0 amide bonds. The molecule has 1 atom stereocenters. The number of carbonyl (C=O) groups excluding carboxylic acids is 1. The van der Waals surface area contributed by atoms with Gasteiger partial charge >= 0.3 is 0 Å². The number of hydrogen-bond donors (Lipinski definition) is 0. The van der Waals surface area contributed by atoms with Gasteiger partial charge in [0.25, 0.3) is 0 Å². The van der Waals surface area contributed by atoms with Crippen molar-refractivity contribution < 1.29 is 14.3 Å². The smallest absolute Gasteiger partial charge is 0.161 e. The van der Waals surface area contributed by atoms with Gasteiger partial charge in [-0.3, -0.25) is 4.79 Å². The van der Waals surface area contributed by atoms with Crippen molar-refractivity contribution >= 4 is 5.78 Å². The number of fused-ring (bicyclic) bond motifs is 1. The van der Waals surface area contributed by atoms with Crippen molar-refractivity contribution in [3.05, 3.63) is 23.8 Å². The quantitative estimate of drug-likeness (QED) is 0.764. The summed E-state index contributed by atoms with van der Waals surface area (Å²) in [5.41, 5.74) is 1.17. The molecule has 1 saturated carbocycles. The summed E-state index contributed by atoms with van der Waals surface area (Å²) in [5.74, 6) is 2.01. The zero-order valence-electron chi connectivity index (χ0n) is 10.7. The summed E-state index contributed by atoms with van der Waals surface area (Å²) in [6, 6.07) is 6.11. The van der Waals surface area contributed by atoms with Crippen molar-refractivity contribution in [2.75, 3.05) is 13.2 Å². The highest BCUT2D eigenvalue weighted by Crippen LogP contribution is 2.42. The fourth-order valence-corrected chi connectivity index (χ4v) is 2.81. The van der Waals surface area contributed by atoms with E-state index in [1.165, 1.54) is 5.56 Å². The minimum absolute atomic E-state index is 0.0260. The Labute approximate surface area is 107 Å². The maximum atomic E-state index is 11.5. The second-order valence-corrected chi connectivity index (χ2v) is 5.49. The van der Waals surface area contributed by atoms with E-state index in [9.17, 15) is 4.79 Å². The van der Waals surface area contributed by atoms with Gasteiger partial charge in [-0.15, -0.1) is 0 Å². The Balaban J connectivity index is 1.94. The van der Waals surface area contributed by atoms with Crippen LogP contribution in [-0.4, -0.2) is 19.0 Å². The summed E-state index contributed by atoms with van der Waals surface area (Å²) in [7, 11) is 0. The monoisotopic (exact) mass is 246 g/mol. The number of carbonyl (C=O) groups is 1. The van der Waals surface area contributed by atoms with Gasteiger partial charge in [0.1, 0.15) is 5.78 Å². The topological polar surface area (TPSA) is 35.5 Å². The normalized spacial score (nSPS) is 27.1. The standard InChI is InChI=1S/C15H18O3/c1-15(6-5-12(16)10-15)11-3-4-13-14(9-11)18-8-2-7-17-13/h3-4,9H,2,5-8,10H2,1H3. The summed E-state index contributed by atoms with van der Waals surface area (Å²) in [5, 5.41) is 0. The minimum atomic E-state index is -0.0260. The van der Waals surface area contributed by atoms with Gasteiger partial charge in [0, 0.05) is 19.3 Å². The van der Waals surface area contributed by atoms with Gasteiger partial charge in [0.05, 0.1) is 13.2 Å². The molecule has 0 aromatic heterocycles. The second-order valence-electron chi connectivity index (χ2n) is 5.49. The fraction of sp³-hybridized carbons (Fsp3) is 0.533. The molecule has 0 bridgehead atoms. The molecule has 0 saturated heterocycles. The molecule has 0 N–H and O–H groups in total. The molecule has 18 heavy (non-hydrogen) atoms. The maximum Gasteiger partial charge on any atom is 0.161 e. The Morgan fingerprint density at radius 1 is 1.17 bits per heavy atom. The molecule has 1 heterocycles. The second kappa shape index (κ2) is 4.30. The van der Waals surface area contributed by atoms with Crippen LogP contribution in [0.4, 0.5) is 0 Å². The Morgan fingerprint density at radius 3 is 2.67 bits per heavy atom. The van der Waals surface area contributed by atoms with Crippen LogP contribution < -0.4 is 9.47 Å². The SMILES string of the molecule is CC1(c2ccc3c(c2)OCCCO3)CCC(=O)C1. The molecule has 0 spiro atoms. The van der Waals surface area contributed by atoms with E-state index in [-0.39, 0.29) is 5.41 Å². The van der Waals surface area contributed by atoms with E-state index in [0.29, 0.717) is 31.8 Å². The van der Waals surface area contributed by atoms with Crippen LogP contribution in [0.25, 0.3) is 0 Å². The van der Waals surface area contributed by atoms with Gasteiger partial charge in [-0.1, -0.05) is 13.0 Å². The van der Waals surface area contributed by atoms with Crippen LogP contribution in [0.1, 0.15) is 38.2 Å². The van der Waals surface area contributed by atoms with Crippen molar-refractivity contribution in [3.8, 4) is 11.5 Å². The first-order valence-corrected chi connectivity index (χ1v) is 6.59. The number of rotatable bonds is 1. The first-order valence-electron chi connectivity index (χ1n) is 6.59. The van der Waals surface area contributed by atoms with Crippen LogP contribution in [0.15, 0.2) is 18.2 Å². The molecule has 2 aliphatic rings. The van der Waals surface area contributed by atoms with E-state index in [1.54, 1.807) is 0 Å². The molecule has 1 unspecified atom stereocenters. The third-order valence-corrected chi connectivity index (χ3v) is 3.99. The van der Waals surface area contributed by atoms with Crippen molar-refractivity contribution in [2.24, 2.45) is 0 Å². The van der Waals surface area contributed by atoms with Crippen LogP contribution >= 0.6 is 0 Å². The molecule has 3 nitrogen and oxygen atoms in total. The largest absolute Gasteiger partial charge is 0.490 e. The van der Waals surface area contributed by atoms with Gasteiger partial charge in [0.2, 0.25) is 0 Å². The van der Waals surface area contributed by atoms with Gasteiger partial charge < -0.3 is 9.47 Å². The highest BCUT2D eigenvalue weighted by atomic mass is 16.5. The van der Waals surface area contributed by atoms with Crippen LogP contribution in [-0.2, 0) is 10.2 Å². The minimum Gasteiger partial charge on any atom is -0.490 e. The lowest BCUT2D eigenvalue weighted by atomic mass is 9.81. The van der Waals surface area contributed by atoms with E-state index in [1.807, 2.05) is 6.07 Å². The molecule has 96 valence electrons. The predicted octanol–water partition coefficient (Wildman–Crippen LogP) is 2.86. The number of hydrogen-bond acceptors (Lipinski definition) is 3. The molecule has 1 aromatic rings. The lowest BCUT2D eigenvalue weighted by molar-refractivity contribution is -0.117. The van der Waals surface area contributed by atoms with Gasteiger partial charge in [-0.05, 0) is 29.5 Å². The molecular weight excluding hydrogens is 228 g/mol. The summed E-state index contributed by atoms with van der Waals surface area (Å²) in [6.07, 6.45) is 3.20. The average Bonchev–Trinajstić information content (AvgIpc) is 2.60. The predicted molar refractivity (Wildman–Crippen MR) is 68.3 cm³/mol. The van der Waals surface area contributed by atoms with Crippen LogP contribution in [0.2, 0.25) is 0 Å². The zero-order valence-corrected chi connectivity index (χ0v) is 10.7. The lowest BCUT2D eigenvalue weighted by Crippen LogP contribution is -2.17. The van der Waals surface area contributed by atoms with Crippen LogP contribution in [0, 0.1) is 0 Å². The van der Waals surface area contributed by atoms with E-state index in [4.69, 9.17) is 9.47 Å². The molecule has 1 fully saturated rings. The van der Waals surface area contributed by atoms with Crippen LogP contribution in [0.3, 0.4) is 0 Å². The number of Topliss-reactive ketones (excluding diaryl/α,β-unsaturated/α-hetero) is 1. The maximum absolute atomic E-state index is 11.5. The third-order valence-electron chi connectivity index (χ3n) is 3.99. The molecule has 1 aromatic carbocycles. The van der Waals surface area contributed by atoms with Gasteiger partial charge in [-0.2, -0.15) is 0 Å². The molecule has 3 rings (SSSR count). The zero-order chi connectivity index (χ0) is 12.6.